The average molecular weight is 632 g/mol. The molecule has 7 nitrogen and oxygen atoms in total. The molecule has 9 heteroatoms. The SMILES string of the molecule is CN1CCC(Cc2ccccc2F)(N2CCN(C(=O)[C@@H](Cc3ccc(Cl)cc3)NC(=O)CC3NCc4ccccc43)CC2)CC1. The normalized spacial score (nSPS) is 20.9. The summed E-state index contributed by atoms with van der Waals surface area (Å²) in [5.74, 6) is -0.365. The summed E-state index contributed by atoms with van der Waals surface area (Å²) in [6.45, 7) is 5.23. The first kappa shape index (κ1) is 31.7. The molecule has 2 fully saturated rings. The van der Waals surface area contributed by atoms with E-state index in [4.69, 9.17) is 11.6 Å². The van der Waals surface area contributed by atoms with Crippen LogP contribution in [0, 0.1) is 5.82 Å². The quantitative estimate of drug-likeness (QED) is 0.362. The molecule has 2 atom stereocenters. The first-order valence-electron chi connectivity index (χ1n) is 16.1. The number of amides is 2. The highest BCUT2D eigenvalue weighted by Crippen LogP contribution is 2.34. The van der Waals surface area contributed by atoms with Crippen LogP contribution in [0.2, 0.25) is 5.02 Å². The topological polar surface area (TPSA) is 67.9 Å². The minimum absolute atomic E-state index is 0.0655. The highest BCUT2D eigenvalue weighted by atomic mass is 35.5. The zero-order valence-corrected chi connectivity index (χ0v) is 26.7. The van der Waals surface area contributed by atoms with E-state index in [9.17, 15) is 14.0 Å². The van der Waals surface area contributed by atoms with Crippen LogP contribution in [0.5, 0.6) is 0 Å². The molecule has 0 aromatic heterocycles. The van der Waals surface area contributed by atoms with Crippen LogP contribution in [0.25, 0.3) is 0 Å². The van der Waals surface area contributed by atoms with Crippen LogP contribution in [0.3, 0.4) is 0 Å². The summed E-state index contributed by atoms with van der Waals surface area (Å²) in [7, 11) is 2.14. The van der Waals surface area contributed by atoms with Crippen molar-refractivity contribution in [2.75, 3.05) is 46.3 Å². The van der Waals surface area contributed by atoms with Crippen molar-refractivity contribution in [3.05, 3.63) is 106 Å². The Morgan fingerprint density at radius 1 is 0.956 bits per heavy atom. The van der Waals surface area contributed by atoms with E-state index in [2.05, 4.69) is 39.6 Å². The molecule has 2 saturated heterocycles. The molecule has 2 amide bonds. The van der Waals surface area contributed by atoms with Gasteiger partial charge in [0.2, 0.25) is 11.8 Å². The first-order chi connectivity index (χ1) is 21.8. The van der Waals surface area contributed by atoms with E-state index in [0.29, 0.717) is 44.0 Å². The fourth-order valence-corrected chi connectivity index (χ4v) is 7.44. The number of rotatable bonds is 9. The third-order valence-corrected chi connectivity index (χ3v) is 10.3. The van der Waals surface area contributed by atoms with E-state index in [1.807, 2.05) is 53.4 Å². The average Bonchev–Trinajstić information content (AvgIpc) is 3.46. The van der Waals surface area contributed by atoms with Gasteiger partial charge in [0, 0.05) is 62.2 Å². The zero-order chi connectivity index (χ0) is 31.4. The molecule has 0 aliphatic carbocycles. The number of fused-ring (bicyclic) bond motifs is 1. The second kappa shape index (κ2) is 14.0. The standard InChI is InChI=1S/C36H43ClFN5O2/c1-41-16-14-36(15-17-41,24-27-6-3-5-9-31(27)38)43-20-18-42(19-21-43)35(45)33(22-26-10-12-29(37)13-11-26)40-34(44)23-32-30-8-4-2-7-28(30)25-39-32/h2-13,32-33,39H,14-25H2,1H3,(H,40,44)/t32?,33-/m1/s1. The molecule has 3 aromatic carbocycles. The zero-order valence-electron chi connectivity index (χ0n) is 26.0. The number of halogens is 2. The molecule has 238 valence electrons. The van der Waals surface area contributed by atoms with Crippen molar-refractivity contribution in [3.8, 4) is 0 Å². The van der Waals surface area contributed by atoms with Gasteiger partial charge in [-0.3, -0.25) is 14.5 Å². The monoisotopic (exact) mass is 631 g/mol. The summed E-state index contributed by atoms with van der Waals surface area (Å²) in [6.07, 6.45) is 3.23. The van der Waals surface area contributed by atoms with Gasteiger partial charge in [0.15, 0.2) is 0 Å². The summed E-state index contributed by atoms with van der Waals surface area (Å²) in [5.41, 5.74) is 3.90. The summed E-state index contributed by atoms with van der Waals surface area (Å²) in [4.78, 5) is 34.2. The second-order valence-corrected chi connectivity index (χ2v) is 13.3. The van der Waals surface area contributed by atoms with Crippen LogP contribution in [0.4, 0.5) is 4.39 Å². The molecule has 3 heterocycles. The summed E-state index contributed by atoms with van der Waals surface area (Å²) < 4.78 is 14.8. The molecule has 3 aliphatic rings. The molecule has 2 N–H and O–H groups in total. The van der Waals surface area contributed by atoms with Crippen molar-refractivity contribution in [3.63, 3.8) is 0 Å². The summed E-state index contributed by atoms with van der Waals surface area (Å²) in [5, 5.41) is 7.16. The number of nitrogens with one attached hydrogen (secondary N) is 2. The summed E-state index contributed by atoms with van der Waals surface area (Å²) in [6, 6.07) is 21.9. The van der Waals surface area contributed by atoms with E-state index in [-0.39, 0.29) is 35.6 Å². The number of likely N-dealkylation sites (tertiary alicyclic amines) is 1. The lowest BCUT2D eigenvalue weighted by molar-refractivity contribution is -0.139. The Labute approximate surface area is 270 Å². The molecule has 0 spiro atoms. The molecule has 6 rings (SSSR count). The Balaban J connectivity index is 1.14. The third kappa shape index (κ3) is 7.41. The smallest absolute Gasteiger partial charge is 0.245 e. The number of carbonyl (C=O) groups is 2. The number of piperazine rings is 1. The number of hydrogen-bond acceptors (Lipinski definition) is 5. The van der Waals surface area contributed by atoms with Gasteiger partial charge in [0.25, 0.3) is 0 Å². The highest BCUT2D eigenvalue weighted by Gasteiger charge is 2.42. The van der Waals surface area contributed by atoms with Gasteiger partial charge in [-0.05, 0) is 79.9 Å². The van der Waals surface area contributed by atoms with E-state index in [0.717, 1.165) is 49.2 Å². The van der Waals surface area contributed by atoms with Crippen molar-refractivity contribution < 1.29 is 14.0 Å². The van der Waals surface area contributed by atoms with E-state index < -0.39 is 6.04 Å². The van der Waals surface area contributed by atoms with Crippen LogP contribution < -0.4 is 10.6 Å². The fourth-order valence-electron chi connectivity index (χ4n) is 7.31. The Morgan fingerprint density at radius 2 is 1.64 bits per heavy atom. The predicted octanol–water partition coefficient (Wildman–Crippen LogP) is 4.59. The van der Waals surface area contributed by atoms with Crippen molar-refractivity contribution in [1.82, 2.24) is 25.3 Å². The Kier molecular flexibility index (Phi) is 9.85. The van der Waals surface area contributed by atoms with Gasteiger partial charge >= 0.3 is 0 Å². The number of carbonyl (C=O) groups excluding carboxylic acids is 2. The molecular weight excluding hydrogens is 589 g/mol. The van der Waals surface area contributed by atoms with Crippen molar-refractivity contribution >= 4 is 23.4 Å². The Hall–Kier alpha value is -3.30. The molecular formula is C36H43ClFN5O2. The van der Waals surface area contributed by atoms with E-state index in [1.165, 1.54) is 5.56 Å². The van der Waals surface area contributed by atoms with Crippen LogP contribution in [-0.2, 0) is 29.0 Å². The largest absolute Gasteiger partial charge is 0.344 e. The van der Waals surface area contributed by atoms with Crippen LogP contribution >= 0.6 is 11.6 Å². The molecule has 0 bridgehead atoms. The number of benzene rings is 3. The Bertz CT molecular complexity index is 1480. The van der Waals surface area contributed by atoms with Gasteiger partial charge in [0.1, 0.15) is 11.9 Å². The number of hydrogen-bond donors (Lipinski definition) is 2. The first-order valence-corrected chi connectivity index (χ1v) is 16.5. The predicted molar refractivity (Wildman–Crippen MR) is 175 cm³/mol. The summed E-state index contributed by atoms with van der Waals surface area (Å²) >= 11 is 6.13. The second-order valence-electron chi connectivity index (χ2n) is 12.9. The van der Waals surface area contributed by atoms with Gasteiger partial charge in [-0.2, -0.15) is 0 Å². The van der Waals surface area contributed by atoms with E-state index >= 15 is 0 Å². The van der Waals surface area contributed by atoms with E-state index in [1.54, 1.807) is 12.1 Å². The minimum Gasteiger partial charge on any atom is -0.344 e. The lowest BCUT2D eigenvalue weighted by atomic mass is 9.79. The van der Waals surface area contributed by atoms with Crippen molar-refractivity contribution in [1.29, 1.82) is 0 Å². The van der Waals surface area contributed by atoms with Gasteiger partial charge < -0.3 is 20.4 Å². The maximum Gasteiger partial charge on any atom is 0.245 e. The Morgan fingerprint density at radius 3 is 2.38 bits per heavy atom. The van der Waals surface area contributed by atoms with Gasteiger partial charge in [-0.1, -0.05) is 66.2 Å². The molecule has 3 aliphatic heterocycles. The van der Waals surface area contributed by atoms with Crippen LogP contribution in [0.1, 0.15) is 47.6 Å². The molecule has 0 saturated carbocycles. The number of nitrogens with zero attached hydrogens (tertiary/aromatic N) is 3. The maximum absolute atomic E-state index is 14.8. The lowest BCUT2D eigenvalue weighted by Gasteiger charge is -2.51. The fraction of sp³-hybridized carbons (Fsp3) is 0.444. The molecule has 3 aromatic rings. The van der Waals surface area contributed by atoms with Crippen LogP contribution in [-0.4, -0.2) is 84.4 Å². The third-order valence-electron chi connectivity index (χ3n) is 10.0. The number of piperidine rings is 1. The van der Waals surface area contributed by atoms with Gasteiger partial charge in [-0.15, -0.1) is 0 Å². The van der Waals surface area contributed by atoms with Crippen LogP contribution in [0.15, 0.2) is 72.8 Å². The molecule has 0 radical (unpaired) electrons. The maximum atomic E-state index is 14.8. The molecule has 1 unspecified atom stereocenters. The molecule has 45 heavy (non-hydrogen) atoms. The van der Waals surface area contributed by atoms with Gasteiger partial charge in [-0.25, -0.2) is 4.39 Å². The lowest BCUT2D eigenvalue weighted by Crippen LogP contribution is -2.63. The minimum atomic E-state index is -0.683. The van der Waals surface area contributed by atoms with Crippen molar-refractivity contribution in [2.24, 2.45) is 0 Å². The highest BCUT2D eigenvalue weighted by molar-refractivity contribution is 6.30. The van der Waals surface area contributed by atoms with Crippen molar-refractivity contribution in [2.45, 2.75) is 56.3 Å². The van der Waals surface area contributed by atoms with Gasteiger partial charge in [0.05, 0.1) is 0 Å².